The van der Waals surface area contributed by atoms with Crippen molar-refractivity contribution in [3.63, 3.8) is 0 Å². The van der Waals surface area contributed by atoms with Gasteiger partial charge in [-0.2, -0.15) is 5.10 Å². The Morgan fingerprint density at radius 2 is 1.96 bits per heavy atom. The summed E-state index contributed by atoms with van der Waals surface area (Å²) in [6, 6.07) is 9.93. The van der Waals surface area contributed by atoms with Crippen molar-refractivity contribution in [2.45, 2.75) is 57.5 Å². The Hall–Kier alpha value is -1.73. The van der Waals surface area contributed by atoms with E-state index in [1.165, 1.54) is 11.8 Å². The van der Waals surface area contributed by atoms with Crippen LogP contribution in [0.3, 0.4) is 0 Å². The van der Waals surface area contributed by atoms with E-state index < -0.39 is 16.1 Å². The third-order valence-electron chi connectivity index (χ3n) is 4.71. The minimum absolute atomic E-state index is 0.113. The first kappa shape index (κ1) is 18.1. The summed E-state index contributed by atoms with van der Waals surface area (Å²) in [7, 11) is -3.30. The van der Waals surface area contributed by atoms with Gasteiger partial charge in [-0.25, -0.2) is 22.8 Å². The van der Waals surface area contributed by atoms with Gasteiger partial charge in [0.15, 0.2) is 5.82 Å². The summed E-state index contributed by atoms with van der Waals surface area (Å²) < 4.78 is 27.7. The number of benzene rings is 1. The van der Waals surface area contributed by atoms with Crippen LogP contribution in [0.4, 0.5) is 0 Å². The fraction of sp³-hybridized carbons (Fsp3) is 0.556. The van der Waals surface area contributed by atoms with E-state index in [4.69, 9.17) is 10.1 Å². The molecule has 25 heavy (non-hydrogen) atoms. The fourth-order valence-corrected chi connectivity index (χ4v) is 3.99. The molecule has 0 aliphatic heterocycles. The van der Waals surface area contributed by atoms with E-state index in [1.807, 2.05) is 29.8 Å². The summed E-state index contributed by atoms with van der Waals surface area (Å²) in [5, 5.41) is 4.78. The monoisotopic (exact) mass is 362 g/mol. The lowest BCUT2D eigenvalue weighted by Gasteiger charge is -2.12. The van der Waals surface area contributed by atoms with E-state index in [1.54, 1.807) is 0 Å². The van der Waals surface area contributed by atoms with Crippen molar-refractivity contribution in [2.24, 2.45) is 0 Å². The van der Waals surface area contributed by atoms with Crippen molar-refractivity contribution in [2.75, 3.05) is 6.26 Å². The van der Waals surface area contributed by atoms with Gasteiger partial charge in [-0.1, -0.05) is 43.7 Å². The molecule has 0 radical (unpaired) electrons. The van der Waals surface area contributed by atoms with Crippen LogP contribution < -0.4 is 4.72 Å². The average Bonchev–Trinajstić information content (AvgIpc) is 3.26. The lowest BCUT2D eigenvalue weighted by Crippen LogP contribution is -2.28. The normalized spacial score (nSPS) is 17.4. The maximum atomic E-state index is 11.6. The molecule has 1 fully saturated rings. The molecular weight excluding hydrogens is 336 g/mol. The molecule has 6 nitrogen and oxygen atoms in total. The second kappa shape index (κ2) is 6.88. The second-order valence-electron chi connectivity index (χ2n) is 6.93. The van der Waals surface area contributed by atoms with Crippen LogP contribution in [0.1, 0.15) is 62.8 Å². The Kier molecular flexibility index (Phi) is 4.97. The average molecular weight is 362 g/mol. The molecule has 7 heteroatoms. The SMILES string of the molecule is CCCCn1nc(C2(c3ccccc3)CC2)nc1C(C)NS(C)(=O)=O. The summed E-state index contributed by atoms with van der Waals surface area (Å²) in [4.78, 5) is 4.78. The Morgan fingerprint density at radius 3 is 2.52 bits per heavy atom. The van der Waals surface area contributed by atoms with Gasteiger partial charge >= 0.3 is 0 Å². The third-order valence-corrected chi connectivity index (χ3v) is 5.49. The predicted molar refractivity (Wildman–Crippen MR) is 97.8 cm³/mol. The topological polar surface area (TPSA) is 76.9 Å². The van der Waals surface area contributed by atoms with Crippen molar-refractivity contribution in [1.29, 1.82) is 0 Å². The number of aryl methyl sites for hydroxylation is 1. The first-order valence-electron chi connectivity index (χ1n) is 8.84. The highest BCUT2D eigenvalue weighted by molar-refractivity contribution is 7.88. The number of nitrogens with zero attached hydrogens (tertiary/aromatic N) is 3. The molecule has 0 bridgehead atoms. The third kappa shape index (κ3) is 3.93. The molecule has 1 aliphatic carbocycles. The van der Waals surface area contributed by atoms with Gasteiger partial charge in [-0.3, -0.25) is 0 Å². The zero-order valence-electron chi connectivity index (χ0n) is 15.1. The van der Waals surface area contributed by atoms with Crippen LogP contribution in [-0.4, -0.2) is 29.4 Å². The fourth-order valence-electron chi connectivity index (χ4n) is 3.25. The number of sulfonamides is 1. The smallest absolute Gasteiger partial charge is 0.209 e. The first-order chi connectivity index (χ1) is 11.9. The number of hydrogen-bond donors (Lipinski definition) is 1. The molecule has 1 N–H and O–H groups in total. The van der Waals surface area contributed by atoms with Gasteiger partial charge in [0, 0.05) is 6.54 Å². The van der Waals surface area contributed by atoms with E-state index in [0.717, 1.165) is 38.1 Å². The van der Waals surface area contributed by atoms with E-state index in [0.29, 0.717) is 5.82 Å². The Morgan fingerprint density at radius 1 is 1.28 bits per heavy atom. The molecular formula is C18H26N4O2S. The molecule has 3 rings (SSSR count). The number of aromatic nitrogens is 3. The van der Waals surface area contributed by atoms with Gasteiger partial charge in [0.2, 0.25) is 10.0 Å². The minimum atomic E-state index is -3.30. The van der Waals surface area contributed by atoms with E-state index in [2.05, 4.69) is 23.8 Å². The maximum Gasteiger partial charge on any atom is 0.209 e. The van der Waals surface area contributed by atoms with Crippen LogP contribution in [0.5, 0.6) is 0 Å². The molecule has 1 aromatic carbocycles. The van der Waals surface area contributed by atoms with Crippen LogP contribution in [-0.2, 0) is 22.0 Å². The van der Waals surface area contributed by atoms with Crippen molar-refractivity contribution >= 4 is 10.0 Å². The maximum absolute atomic E-state index is 11.6. The summed E-state index contributed by atoms with van der Waals surface area (Å²) in [5.74, 6) is 1.50. The molecule has 0 saturated heterocycles. The summed E-state index contributed by atoms with van der Waals surface area (Å²) in [6.45, 7) is 4.70. The van der Waals surface area contributed by atoms with Gasteiger partial charge in [0.25, 0.3) is 0 Å². The zero-order valence-corrected chi connectivity index (χ0v) is 15.9. The first-order valence-corrected chi connectivity index (χ1v) is 10.7. The number of nitrogens with one attached hydrogen (secondary N) is 1. The zero-order chi connectivity index (χ0) is 18.1. The summed E-state index contributed by atoms with van der Waals surface area (Å²) >= 11 is 0. The molecule has 136 valence electrons. The molecule has 0 amide bonds. The van der Waals surface area contributed by atoms with E-state index >= 15 is 0 Å². The van der Waals surface area contributed by atoms with Crippen molar-refractivity contribution < 1.29 is 8.42 Å². The van der Waals surface area contributed by atoms with Gasteiger partial charge in [0.1, 0.15) is 5.82 Å². The molecule has 1 aromatic heterocycles. The summed E-state index contributed by atoms with van der Waals surface area (Å²) in [5.41, 5.74) is 1.12. The van der Waals surface area contributed by atoms with Crippen LogP contribution >= 0.6 is 0 Å². The number of rotatable bonds is 8. The highest BCUT2D eigenvalue weighted by Crippen LogP contribution is 2.52. The molecule has 1 aliphatic rings. The molecule has 1 heterocycles. The minimum Gasteiger partial charge on any atom is -0.248 e. The highest BCUT2D eigenvalue weighted by atomic mass is 32.2. The summed E-state index contributed by atoms with van der Waals surface area (Å²) in [6.07, 6.45) is 5.26. The van der Waals surface area contributed by atoms with E-state index in [-0.39, 0.29) is 5.41 Å². The largest absolute Gasteiger partial charge is 0.248 e. The molecule has 1 unspecified atom stereocenters. The lowest BCUT2D eigenvalue weighted by atomic mass is 9.95. The van der Waals surface area contributed by atoms with Crippen molar-refractivity contribution in [3.8, 4) is 0 Å². The quantitative estimate of drug-likeness (QED) is 0.783. The number of hydrogen-bond acceptors (Lipinski definition) is 4. The highest BCUT2D eigenvalue weighted by Gasteiger charge is 2.49. The Labute approximate surface area is 149 Å². The van der Waals surface area contributed by atoms with Crippen LogP contribution in [0.25, 0.3) is 0 Å². The van der Waals surface area contributed by atoms with Crippen molar-refractivity contribution in [3.05, 3.63) is 47.5 Å². The second-order valence-corrected chi connectivity index (χ2v) is 8.71. The molecule has 1 atom stereocenters. The Bertz CT molecular complexity index is 826. The standard InChI is InChI=1S/C18H26N4O2S/c1-4-5-13-22-16(14(2)21-25(3,23)24)19-17(20-22)18(11-12-18)15-9-7-6-8-10-15/h6-10,14,21H,4-5,11-13H2,1-3H3. The van der Waals surface area contributed by atoms with E-state index in [9.17, 15) is 8.42 Å². The molecule has 1 saturated carbocycles. The van der Waals surface area contributed by atoms with Crippen LogP contribution in [0.2, 0.25) is 0 Å². The predicted octanol–water partition coefficient (Wildman–Crippen LogP) is 2.77. The van der Waals surface area contributed by atoms with Gasteiger partial charge < -0.3 is 0 Å². The Balaban J connectivity index is 1.96. The van der Waals surface area contributed by atoms with Crippen LogP contribution in [0, 0.1) is 0 Å². The molecule has 0 spiro atoms. The van der Waals surface area contributed by atoms with Gasteiger partial charge in [-0.15, -0.1) is 0 Å². The number of unbranched alkanes of at least 4 members (excludes halogenated alkanes) is 1. The lowest BCUT2D eigenvalue weighted by molar-refractivity contribution is 0.503. The molecule has 2 aromatic rings. The van der Waals surface area contributed by atoms with Gasteiger partial charge in [-0.05, 0) is 31.7 Å². The van der Waals surface area contributed by atoms with Crippen molar-refractivity contribution in [1.82, 2.24) is 19.5 Å². The van der Waals surface area contributed by atoms with Gasteiger partial charge in [0.05, 0.1) is 17.7 Å². The van der Waals surface area contributed by atoms with Crippen LogP contribution in [0.15, 0.2) is 30.3 Å².